The summed E-state index contributed by atoms with van der Waals surface area (Å²) in [7, 11) is 0. The van der Waals surface area contributed by atoms with Crippen molar-refractivity contribution < 1.29 is 14.3 Å². The predicted octanol–water partition coefficient (Wildman–Crippen LogP) is 2.67. The van der Waals surface area contributed by atoms with Gasteiger partial charge in [0.2, 0.25) is 11.9 Å². The Morgan fingerprint density at radius 3 is 2.80 bits per heavy atom. The third-order valence-electron chi connectivity index (χ3n) is 3.75. The van der Waals surface area contributed by atoms with Crippen LogP contribution in [0.4, 0.5) is 0 Å². The van der Waals surface area contributed by atoms with Crippen LogP contribution in [0.1, 0.15) is 15.9 Å². The third-order valence-corrected chi connectivity index (χ3v) is 4.67. The molecule has 2 heterocycles. The van der Waals surface area contributed by atoms with Gasteiger partial charge in [-0.1, -0.05) is 29.5 Å². The first-order chi connectivity index (χ1) is 12.2. The van der Waals surface area contributed by atoms with Crippen LogP contribution >= 0.6 is 11.8 Å². The minimum Gasteiger partial charge on any atom is -0.454 e. The Bertz CT molecular complexity index is 924. The number of fused-ring (bicyclic) bond motifs is 1. The topological polar surface area (TPSA) is 79.1 Å². The third kappa shape index (κ3) is 3.20. The molecule has 0 atom stereocenters. The van der Waals surface area contributed by atoms with Crippen molar-refractivity contribution in [3.05, 3.63) is 53.6 Å². The molecule has 0 spiro atoms. The van der Waals surface area contributed by atoms with E-state index < -0.39 is 0 Å². The lowest BCUT2D eigenvalue weighted by Gasteiger charge is -2.05. The fraction of sp³-hybridized carbons (Fsp3) is 0.176. The average Bonchev–Trinajstić information content (AvgIpc) is 3.28. The number of hydrogen-bond acceptors (Lipinski definition) is 7. The van der Waals surface area contributed by atoms with Gasteiger partial charge in [0.1, 0.15) is 0 Å². The smallest absolute Gasteiger partial charge is 0.231 e. The zero-order valence-corrected chi connectivity index (χ0v) is 14.2. The highest BCUT2D eigenvalue weighted by Crippen LogP contribution is 2.33. The molecular weight excluding hydrogens is 340 g/mol. The molecule has 0 radical (unpaired) electrons. The van der Waals surface area contributed by atoms with Crippen molar-refractivity contribution in [3.63, 3.8) is 0 Å². The van der Waals surface area contributed by atoms with Gasteiger partial charge in [0.15, 0.2) is 17.3 Å². The number of tetrazole rings is 1. The molecule has 1 aliphatic rings. The average molecular weight is 354 g/mol. The van der Waals surface area contributed by atoms with E-state index in [0.29, 0.717) is 22.2 Å². The van der Waals surface area contributed by atoms with Crippen LogP contribution in [0.15, 0.2) is 47.6 Å². The fourth-order valence-corrected chi connectivity index (χ4v) is 3.19. The molecule has 0 saturated heterocycles. The number of Topliss-reactive ketones (excluding diaryl/α,β-unsaturated/α-hetero) is 1. The number of aromatic nitrogens is 4. The van der Waals surface area contributed by atoms with E-state index in [0.717, 1.165) is 11.3 Å². The number of benzene rings is 2. The van der Waals surface area contributed by atoms with Crippen molar-refractivity contribution in [1.29, 1.82) is 0 Å². The van der Waals surface area contributed by atoms with E-state index >= 15 is 0 Å². The van der Waals surface area contributed by atoms with Crippen LogP contribution in [0, 0.1) is 6.92 Å². The second kappa shape index (κ2) is 6.56. The zero-order chi connectivity index (χ0) is 17.2. The van der Waals surface area contributed by atoms with E-state index in [1.165, 1.54) is 11.8 Å². The molecule has 8 heteroatoms. The normalized spacial score (nSPS) is 12.4. The zero-order valence-electron chi connectivity index (χ0n) is 13.4. The Hall–Kier alpha value is -2.87. The first-order valence-corrected chi connectivity index (χ1v) is 8.60. The van der Waals surface area contributed by atoms with Gasteiger partial charge in [-0.25, -0.2) is 0 Å². The molecule has 1 aromatic heterocycles. The van der Waals surface area contributed by atoms with E-state index in [1.54, 1.807) is 22.9 Å². The molecule has 0 N–H and O–H groups in total. The lowest BCUT2D eigenvalue weighted by molar-refractivity contribution is 0.102. The van der Waals surface area contributed by atoms with Gasteiger partial charge in [0, 0.05) is 5.56 Å². The van der Waals surface area contributed by atoms with Crippen molar-refractivity contribution in [3.8, 4) is 17.2 Å². The van der Waals surface area contributed by atoms with E-state index in [-0.39, 0.29) is 18.3 Å². The quantitative estimate of drug-likeness (QED) is 0.515. The lowest BCUT2D eigenvalue weighted by atomic mass is 10.1. The minimum absolute atomic E-state index is 0.0262. The maximum Gasteiger partial charge on any atom is 0.231 e. The maximum absolute atomic E-state index is 12.4. The number of carbonyl (C=O) groups is 1. The predicted molar refractivity (Wildman–Crippen MR) is 91.5 cm³/mol. The monoisotopic (exact) mass is 354 g/mol. The summed E-state index contributed by atoms with van der Waals surface area (Å²) in [6.45, 7) is 2.20. The van der Waals surface area contributed by atoms with Crippen LogP contribution in [0.25, 0.3) is 5.69 Å². The SMILES string of the molecule is Cc1ccc(-n2nnnc2SCC(=O)c2ccc3c(c2)OCO3)cc1. The number of hydrogen-bond donors (Lipinski definition) is 0. The first kappa shape index (κ1) is 15.6. The minimum atomic E-state index is -0.0262. The van der Waals surface area contributed by atoms with Gasteiger partial charge in [-0.2, -0.15) is 4.68 Å². The molecule has 7 nitrogen and oxygen atoms in total. The molecule has 0 aliphatic carbocycles. The Morgan fingerprint density at radius 2 is 1.96 bits per heavy atom. The molecule has 0 saturated carbocycles. The Kier molecular flexibility index (Phi) is 4.10. The fourth-order valence-electron chi connectivity index (χ4n) is 2.40. The molecule has 4 rings (SSSR count). The van der Waals surface area contributed by atoms with Gasteiger partial charge in [-0.05, 0) is 47.7 Å². The van der Waals surface area contributed by atoms with E-state index in [2.05, 4.69) is 15.5 Å². The van der Waals surface area contributed by atoms with Crippen LogP contribution < -0.4 is 9.47 Å². The van der Waals surface area contributed by atoms with Crippen molar-refractivity contribution in [1.82, 2.24) is 20.2 Å². The molecular formula is C17H14N4O3S. The summed E-state index contributed by atoms with van der Waals surface area (Å²) >= 11 is 1.29. The van der Waals surface area contributed by atoms with Crippen LogP contribution in [-0.4, -0.2) is 38.5 Å². The van der Waals surface area contributed by atoms with Gasteiger partial charge in [-0.15, -0.1) is 5.10 Å². The Morgan fingerprint density at radius 1 is 1.16 bits per heavy atom. The Balaban J connectivity index is 1.48. The van der Waals surface area contributed by atoms with Crippen LogP contribution in [-0.2, 0) is 0 Å². The molecule has 3 aromatic rings. The van der Waals surface area contributed by atoms with Crippen LogP contribution in [0.2, 0.25) is 0 Å². The molecule has 0 bridgehead atoms. The highest BCUT2D eigenvalue weighted by molar-refractivity contribution is 7.99. The maximum atomic E-state index is 12.4. The molecule has 25 heavy (non-hydrogen) atoms. The van der Waals surface area contributed by atoms with E-state index in [4.69, 9.17) is 9.47 Å². The molecule has 2 aromatic carbocycles. The first-order valence-electron chi connectivity index (χ1n) is 7.62. The number of rotatable bonds is 5. The van der Waals surface area contributed by atoms with Crippen molar-refractivity contribution in [2.75, 3.05) is 12.5 Å². The second-order valence-corrected chi connectivity index (χ2v) is 6.43. The van der Waals surface area contributed by atoms with Gasteiger partial charge in [0.25, 0.3) is 0 Å². The standard InChI is InChI=1S/C17H14N4O3S/c1-11-2-5-13(6-3-11)21-17(18-19-20-21)25-9-14(22)12-4-7-15-16(8-12)24-10-23-15/h2-8H,9-10H2,1H3. The van der Waals surface area contributed by atoms with Gasteiger partial charge in [-0.3, -0.25) is 4.79 Å². The Labute approximate surface area is 147 Å². The number of thioether (sulfide) groups is 1. The molecule has 0 amide bonds. The van der Waals surface area contributed by atoms with Crippen LogP contribution in [0.3, 0.4) is 0 Å². The number of carbonyl (C=O) groups excluding carboxylic acids is 1. The summed E-state index contributed by atoms with van der Waals surface area (Å²) in [6, 6.07) is 13.0. The summed E-state index contributed by atoms with van der Waals surface area (Å²) in [5, 5.41) is 12.3. The van der Waals surface area contributed by atoms with Crippen molar-refractivity contribution in [2.45, 2.75) is 12.1 Å². The van der Waals surface area contributed by atoms with Crippen LogP contribution in [0.5, 0.6) is 11.5 Å². The molecule has 1 aliphatic heterocycles. The van der Waals surface area contributed by atoms with E-state index in [1.807, 2.05) is 31.2 Å². The summed E-state index contributed by atoms with van der Waals surface area (Å²) in [4.78, 5) is 12.4. The van der Waals surface area contributed by atoms with E-state index in [9.17, 15) is 4.79 Å². The number of ether oxygens (including phenoxy) is 2. The second-order valence-electron chi connectivity index (χ2n) is 5.49. The largest absolute Gasteiger partial charge is 0.454 e. The van der Waals surface area contributed by atoms with Gasteiger partial charge >= 0.3 is 0 Å². The summed E-state index contributed by atoms with van der Waals surface area (Å²) in [5.41, 5.74) is 2.59. The summed E-state index contributed by atoms with van der Waals surface area (Å²) in [6.07, 6.45) is 0. The van der Waals surface area contributed by atoms with Gasteiger partial charge in [0.05, 0.1) is 11.4 Å². The van der Waals surface area contributed by atoms with Crippen molar-refractivity contribution >= 4 is 17.5 Å². The van der Waals surface area contributed by atoms with Crippen molar-refractivity contribution in [2.24, 2.45) is 0 Å². The summed E-state index contributed by atoms with van der Waals surface area (Å²) in [5.74, 6) is 1.46. The number of nitrogens with zero attached hydrogens (tertiary/aromatic N) is 4. The molecule has 0 unspecified atom stereocenters. The summed E-state index contributed by atoms with van der Waals surface area (Å²) < 4.78 is 12.2. The number of ketones is 1. The molecule has 0 fully saturated rings. The lowest BCUT2D eigenvalue weighted by Crippen LogP contribution is -2.05. The number of aryl methyl sites for hydroxylation is 1. The van der Waals surface area contributed by atoms with Gasteiger partial charge < -0.3 is 9.47 Å². The highest BCUT2D eigenvalue weighted by Gasteiger charge is 2.17. The highest BCUT2D eigenvalue weighted by atomic mass is 32.2. The molecule has 126 valence electrons.